The molecule has 0 unspecified atom stereocenters. The number of hydrogen-bond donors (Lipinski definition) is 0. The minimum Gasteiger partial charge on any atom is -0.465 e. The molecule has 8 heteroatoms. The van der Waals surface area contributed by atoms with Crippen LogP contribution in [0.3, 0.4) is 0 Å². The quantitative estimate of drug-likeness (QED) is 0.663. The minimum atomic E-state index is -0.342. The van der Waals surface area contributed by atoms with Gasteiger partial charge in [0.25, 0.3) is 0 Å². The van der Waals surface area contributed by atoms with Crippen molar-refractivity contribution in [2.75, 3.05) is 19.1 Å². The summed E-state index contributed by atoms with van der Waals surface area (Å²) in [4.78, 5) is 13.4. The van der Waals surface area contributed by atoms with Crippen LogP contribution in [0, 0.1) is 0 Å². The van der Waals surface area contributed by atoms with Crippen LogP contribution in [0.2, 0.25) is 0 Å². The summed E-state index contributed by atoms with van der Waals surface area (Å²) in [5.74, 6) is 0.405. The zero-order chi connectivity index (χ0) is 15.5. The van der Waals surface area contributed by atoms with Gasteiger partial charge in [0, 0.05) is 13.6 Å². The maximum Gasteiger partial charge on any atom is 0.337 e. The second-order valence-corrected chi connectivity index (χ2v) is 4.76. The Kier molecular flexibility index (Phi) is 3.65. The smallest absolute Gasteiger partial charge is 0.337 e. The predicted octanol–water partition coefficient (Wildman–Crippen LogP) is 0.942. The van der Waals surface area contributed by atoms with Gasteiger partial charge in [0.15, 0.2) is 11.5 Å². The first-order valence-corrected chi connectivity index (χ1v) is 6.61. The van der Waals surface area contributed by atoms with Crippen LogP contribution in [-0.2, 0) is 11.3 Å². The molecule has 2 aromatic heterocycles. The number of aromatic nitrogens is 5. The van der Waals surface area contributed by atoms with E-state index in [1.54, 1.807) is 18.2 Å². The Morgan fingerprint density at radius 1 is 1.23 bits per heavy atom. The van der Waals surface area contributed by atoms with E-state index < -0.39 is 0 Å². The molecule has 0 fully saturated rings. The number of carbonyl (C=O) groups excluding carboxylic acids is 1. The number of anilines is 1. The van der Waals surface area contributed by atoms with Crippen LogP contribution in [0.25, 0.3) is 5.65 Å². The maximum atomic E-state index is 11.4. The molecule has 0 bridgehead atoms. The summed E-state index contributed by atoms with van der Waals surface area (Å²) in [5, 5.41) is 15.5. The average molecular weight is 298 g/mol. The van der Waals surface area contributed by atoms with Gasteiger partial charge in [0.1, 0.15) is 0 Å². The van der Waals surface area contributed by atoms with Crippen molar-refractivity contribution in [3.8, 4) is 0 Å². The highest BCUT2D eigenvalue weighted by Gasteiger charge is 2.08. The first kappa shape index (κ1) is 13.9. The van der Waals surface area contributed by atoms with Crippen molar-refractivity contribution in [2.24, 2.45) is 0 Å². The number of benzene rings is 1. The molecule has 0 aliphatic rings. The van der Waals surface area contributed by atoms with Crippen molar-refractivity contribution in [3.05, 3.63) is 47.5 Å². The van der Waals surface area contributed by atoms with Crippen molar-refractivity contribution in [3.63, 3.8) is 0 Å². The van der Waals surface area contributed by atoms with Crippen LogP contribution >= 0.6 is 0 Å². The normalized spacial score (nSPS) is 10.6. The molecular formula is C14H14N6O2. The van der Waals surface area contributed by atoms with Gasteiger partial charge in [-0.3, -0.25) is 0 Å². The lowest BCUT2D eigenvalue weighted by atomic mass is 10.1. The SMILES string of the molecule is COC(=O)c1ccc(CN(C)c2ccc3nnnn3n2)cc1. The molecule has 8 nitrogen and oxygen atoms in total. The van der Waals surface area contributed by atoms with Crippen molar-refractivity contribution in [1.29, 1.82) is 0 Å². The van der Waals surface area contributed by atoms with Crippen molar-refractivity contribution >= 4 is 17.4 Å². The molecule has 0 saturated heterocycles. The highest BCUT2D eigenvalue weighted by atomic mass is 16.5. The molecule has 0 amide bonds. The Bertz CT molecular complexity index is 798. The average Bonchev–Trinajstić information content (AvgIpc) is 3.02. The summed E-state index contributed by atoms with van der Waals surface area (Å²) in [7, 11) is 3.29. The molecular weight excluding hydrogens is 284 g/mol. The van der Waals surface area contributed by atoms with E-state index in [2.05, 4.69) is 25.4 Å². The molecule has 22 heavy (non-hydrogen) atoms. The Labute approximate surface area is 126 Å². The summed E-state index contributed by atoms with van der Waals surface area (Å²) in [5.41, 5.74) is 2.18. The third kappa shape index (κ3) is 2.71. The Morgan fingerprint density at radius 2 is 2.00 bits per heavy atom. The second kappa shape index (κ2) is 5.76. The van der Waals surface area contributed by atoms with E-state index in [1.165, 1.54) is 11.7 Å². The molecule has 2 heterocycles. The molecule has 1 aromatic carbocycles. The summed E-state index contributed by atoms with van der Waals surface area (Å²) < 4.78 is 6.06. The highest BCUT2D eigenvalue weighted by molar-refractivity contribution is 5.89. The second-order valence-electron chi connectivity index (χ2n) is 4.76. The molecule has 0 spiro atoms. The van der Waals surface area contributed by atoms with Gasteiger partial charge in [-0.25, -0.2) is 4.79 Å². The molecule has 3 aromatic rings. The maximum absolute atomic E-state index is 11.4. The lowest BCUT2D eigenvalue weighted by Crippen LogP contribution is -2.19. The number of hydrogen-bond acceptors (Lipinski definition) is 7. The number of methoxy groups -OCH3 is 1. The third-order valence-corrected chi connectivity index (χ3v) is 3.24. The van der Waals surface area contributed by atoms with Crippen LogP contribution in [-0.4, -0.2) is 45.4 Å². The van der Waals surface area contributed by atoms with Crippen LogP contribution in [0.15, 0.2) is 36.4 Å². The van der Waals surface area contributed by atoms with Crippen molar-refractivity contribution in [2.45, 2.75) is 6.54 Å². The fourth-order valence-corrected chi connectivity index (χ4v) is 2.06. The molecule has 0 aliphatic carbocycles. The van der Waals surface area contributed by atoms with Gasteiger partial charge >= 0.3 is 5.97 Å². The van der Waals surface area contributed by atoms with E-state index in [0.29, 0.717) is 17.8 Å². The lowest BCUT2D eigenvalue weighted by Gasteiger charge is -2.17. The van der Waals surface area contributed by atoms with Gasteiger partial charge in [0.05, 0.1) is 12.7 Å². The summed E-state index contributed by atoms with van der Waals surface area (Å²) in [6.07, 6.45) is 0. The van der Waals surface area contributed by atoms with Crippen molar-refractivity contribution in [1.82, 2.24) is 25.3 Å². The molecule has 0 radical (unpaired) electrons. The van der Waals surface area contributed by atoms with Gasteiger partial charge in [0.2, 0.25) is 0 Å². The molecule has 112 valence electrons. The standard InChI is InChI=1S/C14H14N6O2/c1-19(13-8-7-12-15-17-18-20(12)16-13)9-10-3-5-11(6-4-10)14(21)22-2/h3-8H,9H2,1-2H3. The first-order valence-electron chi connectivity index (χ1n) is 6.61. The predicted molar refractivity (Wildman–Crippen MR) is 78.5 cm³/mol. The summed E-state index contributed by atoms with van der Waals surface area (Å²) in [6, 6.07) is 10.9. The van der Waals surface area contributed by atoms with Gasteiger partial charge < -0.3 is 9.64 Å². The largest absolute Gasteiger partial charge is 0.465 e. The van der Waals surface area contributed by atoms with E-state index in [4.69, 9.17) is 0 Å². The molecule has 0 N–H and O–H groups in total. The molecule has 0 saturated carbocycles. The van der Waals surface area contributed by atoms with Crippen molar-refractivity contribution < 1.29 is 9.53 Å². The lowest BCUT2D eigenvalue weighted by molar-refractivity contribution is 0.0600. The Morgan fingerprint density at radius 3 is 2.73 bits per heavy atom. The Hall–Kier alpha value is -3.03. The van der Waals surface area contributed by atoms with Crippen LogP contribution < -0.4 is 4.90 Å². The number of rotatable bonds is 4. The number of ether oxygens (including phenoxy) is 1. The van der Waals surface area contributed by atoms with Gasteiger partial charge in [-0.15, -0.1) is 14.8 Å². The number of nitrogens with zero attached hydrogens (tertiary/aromatic N) is 6. The summed E-state index contributed by atoms with van der Waals surface area (Å²) >= 11 is 0. The monoisotopic (exact) mass is 298 g/mol. The fraction of sp³-hybridized carbons (Fsp3) is 0.214. The van der Waals surface area contributed by atoms with Gasteiger partial charge in [-0.2, -0.15) is 0 Å². The zero-order valence-corrected chi connectivity index (χ0v) is 12.2. The number of esters is 1. The third-order valence-electron chi connectivity index (χ3n) is 3.24. The van der Waals surface area contributed by atoms with Gasteiger partial charge in [-0.1, -0.05) is 12.1 Å². The first-order chi connectivity index (χ1) is 10.7. The molecule has 0 aliphatic heterocycles. The van der Waals surface area contributed by atoms with E-state index in [0.717, 1.165) is 11.4 Å². The van der Waals surface area contributed by atoms with E-state index >= 15 is 0 Å². The fourth-order valence-electron chi connectivity index (χ4n) is 2.06. The van der Waals surface area contributed by atoms with E-state index in [1.807, 2.05) is 30.1 Å². The minimum absolute atomic E-state index is 0.342. The zero-order valence-electron chi connectivity index (χ0n) is 12.2. The number of carbonyl (C=O) groups is 1. The van der Waals surface area contributed by atoms with Crippen LogP contribution in [0.4, 0.5) is 5.82 Å². The van der Waals surface area contributed by atoms with Crippen LogP contribution in [0.1, 0.15) is 15.9 Å². The number of fused-ring (bicyclic) bond motifs is 1. The highest BCUT2D eigenvalue weighted by Crippen LogP contribution is 2.13. The van der Waals surface area contributed by atoms with Gasteiger partial charge in [-0.05, 0) is 40.3 Å². The topological polar surface area (TPSA) is 85.5 Å². The summed E-state index contributed by atoms with van der Waals surface area (Å²) in [6.45, 7) is 0.641. The van der Waals surface area contributed by atoms with E-state index in [9.17, 15) is 4.79 Å². The Balaban J connectivity index is 1.75. The molecule has 0 atom stereocenters. The number of tetrazole rings is 1. The van der Waals surface area contributed by atoms with E-state index in [-0.39, 0.29) is 5.97 Å². The molecule has 3 rings (SSSR count). The van der Waals surface area contributed by atoms with Crippen LogP contribution in [0.5, 0.6) is 0 Å².